The zero-order valence-electron chi connectivity index (χ0n) is 33.8. The lowest BCUT2D eigenvalue weighted by Crippen LogP contribution is -2.30. The molecule has 1 saturated carbocycles. The number of hydrogen-bond donors (Lipinski definition) is 0. The van der Waals surface area contributed by atoms with Gasteiger partial charge in [0, 0.05) is 22.1 Å². The van der Waals surface area contributed by atoms with E-state index >= 15 is 0 Å². The molecule has 1 atom stereocenters. The van der Waals surface area contributed by atoms with Crippen LogP contribution in [0.4, 0.5) is 0 Å². The second-order valence-electron chi connectivity index (χ2n) is 15.6. The smallest absolute Gasteiger partial charge is 0.160 e. The first-order chi connectivity index (χ1) is 29.0. The standard InChI is InChI=1S/C54H47N5/c1-38(40-18-8-3-9-19-40)48(36-55)50(42-20-10-4-11-21-42)57-39(2)41-26-30-46(31-27-41)54(34-16-7-17-35-54)47-32-28-45(29-33-47)53-58-51(43-22-12-5-13-23-43)49(37-56)52(59-53)44-24-14-6-15-25-44/h3,5-6,8-10,12-15,18-33,39H,4,7,11,16-17,34-35H2,1-2H3/b48-38+,57-50-. The molecule has 1 heterocycles. The molecular weight excluding hydrogens is 719 g/mol. The van der Waals surface area contributed by atoms with Crippen LogP contribution in [0, 0.1) is 22.7 Å². The van der Waals surface area contributed by atoms with Crippen LogP contribution in [0.15, 0.2) is 174 Å². The van der Waals surface area contributed by atoms with Crippen LogP contribution in [0.5, 0.6) is 0 Å². The van der Waals surface area contributed by atoms with Gasteiger partial charge in [-0.15, -0.1) is 0 Å². The Kier molecular flexibility index (Phi) is 11.7. The quantitative estimate of drug-likeness (QED) is 0.103. The van der Waals surface area contributed by atoms with E-state index in [0.29, 0.717) is 28.3 Å². The normalized spacial score (nSPS) is 15.9. The number of nitrogens with zero attached hydrogens (tertiary/aromatic N) is 5. The summed E-state index contributed by atoms with van der Waals surface area (Å²) in [5, 5.41) is 20.9. The maximum Gasteiger partial charge on any atom is 0.160 e. The molecule has 59 heavy (non-hydrogen) atoms. The molecule has 2 aliphatic rings. The minimum Gasteiger partial charge on any atom is -0.276 e. The van der Waals surface area contributed by atoms with Gasteiger partial charge in [0.25, 0.3) is 0 Å². The minimum absolute atomic E-state index is 0.121. The Labute approximate surface area is 348 Å². The van der Waals surface area contributed by atoms with Crippen molar-refractivity contribution in [3.8, 4) is 46.0 Å². The molecule has 0 spiro atoms. The van der Waals surface area contributed by atoms with Crippen LogP contribution in [0.2, 0.25) is 0 Å². The van der Waals surface area contributed by atoms with Crippen molar-refractivity contribution in [2.45, 2.75) is 70.3 Å². The van der Waals surface area contributed by atoms with Crippen LogP contribution < -0.4 is 0 Å². The Morgan fingerprint density at radius 1 is 0.661 bits per heavy atom. The van der Waals surface area contributed by atoms with Gasteiger partial charge in [0.1, 0.15) is 17.7 Å². The van der Waals surface area contributed by atoms with E-state index in [4.69, 9.17) is 15.0 Å². The number of nitriles is 2. The lowest BCUT2D eigenvalue weighted by Gasteiger charge is -2.39. The molecule has 5 heteroatoms. The molecule has 1 fully saturated rings. The summed E-state index contributed by atoms with van der Waals surface area (Å²) in [5.41, 5.74) is 12.3. The van der Waals surface area contributed by atoms with Gasteiger partial charge in [0.15, 0.2) is 5.82 Å². The highest BCUT2D eigenvalue weighted by Crippen LogP contribution is 2.46. The van der Waals surface area contributed by atoms with E-state index in [0.717, 1.165) is 70.4 Å². The SMILES string of the molecule is C/C(=C(C#N)\C(=N/C(C)c1ccc(C2(c3ccc(-c4nc(-c5ccccc5)c(C#N)c(-c5ccccc5)n4)cc3)CCCCC2)cc1)C1=CCCC=C1)c1ccccc1. The van der Waals surface area contributed by atoms with Gasteiger partial charge < -0.3 is 0 Å². The summed E-state index contributed by atoms with van der Waals surface area (Å²) >= 11 is 0. The predicted molar refractivity (Wildman–Crippen MR) is 240 cm³/mol. The number of rotatable bonds is 10. The van der Waals surface area contributed by atoms with Gasteiger partial charge in [-0.25, -0.2) is 9.97 Å². The summed E-state index contributed by atoms with van der Waals surface area (Å²) in [6.07, 6.45) is 14.1. The zero-order valence-corrected chi connectivity index (χ0v) is 33.8. The Morgan fingerprint density at radius 3 is 1.75 bits per heavy atom. The first-order valence-electron chi connectivity index (χ1n) is 20.7. The van der Waals surface area contributed by atoms with Crippen molar-refractivity contribution in [3.05, 3.63) is 197 Å². The van der Waals surface area contributed by atoms with Crippen molar-refractivity contribution in [1.82, 2.24) is 9.97 Å². The molecule has 288 valence electrons. The summed E-state index contributed by atoms with van der Waals surface area (Å²) in [7, 11) is 0. The number of aromatic nitrogens is 2. The highest BCUT2D eigenvalue weighted by Gasteiger charge is 2.36. The van der Waals surface area contributed by atoms with E-state index in [2.05, 4.69) is 98.0 Å². The molecule has 0 N–H and O–H groups in total. The highest BCUT2D eigenvalue weighted by molar-refractivity contribution is 6.20. The van der Waals surface area contributed by atoms with Crippen LogP contribution in [0.25, 0.3) is 39.5 Å². The third-order valence-corrected chi connectivity index (χ3v) is 12.0. The van der Waals surface area contributed by atoms with E-state index in [1.165, 1.54) is 30.4 Å². The monoisotopic (exact) mass is 765 g/mol. The maximum absolute atomic E-state index is 10.5. The molecule has 0 saturated heterocycles. The van der Waals surface area contributed by atoms with E-state index in [1.807, 2.05) is 85.8 Å². The van der Waals surface area contributed by atoms with Crippen molar-refractivity contribution < 1.29 is 0 Å². The van der Waals surface area contributed by atoms with Crippen LogP contribution in [0.1, 0.15) is 92.7 Å². The third kappa shape index (κ3) is 8.11. The predicted octanol–water partition coefficient (Wildman–Crippen LogP) is 13.4. The van der Waals surface area contributed by atoms with Crippen molar-refractivity contribution in [2.75, 3.05) is 0 Å². The second-order valence-corrected chi connectivity index (χ2v) is 15.6. The van der Waals surface area contributed by atoms with Gasteiger partial charge in [-0.1, -0.05) is 177 Å². The molecule has 1 aromatic heterocycles. The summed E-state index contributed by atoms with van der Waals surface area (Å²) < 4.78 is 0. The minimum atomic E-state index is -0.155. The third-order valence-electron chi connectivity index (χ3n) is 12.0. The Bertz CT molecular complexity index is 2570. The topological polar surface area (TPSA) is 85.7 Å². The highest BCUT2D eigenvalue weighted by atomic mass is 14.9. The van der Waals surface area contributed by atoms with Crippen molar-refractivity contribution in [1.29, 1.82) is 10.5 Å². The Hall–Kier alpha value is -6.95. The largest absolute Gasteiger partial charge is 0.276 e. The average Bonchev–Trinajstić information content (AvgIpc) is 3.32. The molecule has 0 amide bonds. The summed E-state index contributed by atoms with van der Waals surface area (Å²) in [4.78, 5) is 15.4. The van der Waals surface area contributed by atoms with Crippen molar-refractivity contribution in [3.63, 3.8) is 0 Å². The lowest BCUT2D eigenvalue weighted by atomic mass is 9.65. The van der Waals surface area contributed by atoms with Gasteiger partial charge in [-0.05, 0) is 72.9 Å². The van der Waals surface area contributed by atoms with Gasteiger partial charge in [-0.3, -0.25) is 4.99 Å². The number of hydrogen-bond acceptors (Lipinski definition) is 5. The fourth-order valence-electron chi connectivity index (χ4n) is 8.71. The molecule has 0 radical (unpaired) electrons. The molecule has 2 aliphatic carbocycles. The molecule has 5 nitrogen and oxygen atoms in total. The van der Waals surface area contributed by atoms with Crippen LogP contribution >= 0.6 is 0 Å². The van der Waals surface area contributed by atoms with Gasteiger partial charge in [-0.2, -0.15) is 10.5 Å². The fourth-order valence-corrected chi connectivity index (χ4v) is 8.71. The fraction of sp³-hybridized carbons (Fsp3) is 0.204. The lowest BCUT2D eigenvalue weighted by molar-refractivity contribution is 0.346. The number of aliphatic imine (C=N–C) groups is 1. The Balaban J connectivity index is 1.14. The Morgan fingerprint density at radius 2 is 1.22 bits per heavy atom. The maximum atomic E-state index is 10.5. The molecular formula is C54H47N5. The van der Waals surface area contributed by atoms with Crippen LogP contribution in [-0.4, -0.2) is 15.7 Å². The van der Waals surface area contributed by atoms with Crippen LogP contribution in [0.3, 0.4) is 0 Å². The van der Waals surface area contributed by atoms with Crippen molar-refractivity contribution in [2.24, 2.45) is 4.99 Å². The first kappa shape index (κ1) is 38.9. The summed E-state index contributed by atoms with van der Waals surface area (Å²) in [5.74, 6) is 0.594. The molecule has 6 aromatic rings. The van der Waals surface area contributed by atoms with E-state index in [9.17, 15) is 10.5 Å². The molecule has 0 bridgehead atoms. The number of benzene rings is 5. The number of allylic oxidation sites excluding steroid dienone is 6. The molecule has 0 aliphatic heterocycles. The van der Waals surface area contributed by atoms with Gasteiger partial charge >= 0.3 is 0 Å². The summed E-state index contributed by atoms with van der Waals surface area (Å²) in [6.45, 7) is 4.15. The van der Waals surface area contributed by atoms with Crippen LogP contribution in [-0.2, 0) is 5.41 Å². The average molecular weight is 766 g/mol. The van der Waals surface area contributed by atoms with E-state index in [1.54, 1.807) is 0 Å². The molecule has 5 aromatic carbocycles. The van der Waals surface area contributed by atoms with Gasteiger partial charge in [0.05, 0.1) is 28.7 Å². The first-order valence-corrected chi connectivity index (χ1v) is 20.7. The summed E-state index contributed by atoms with van der Waals surface area (Å²) in [6, 6.07) is 52.6. The molecule has 8 rings (SSSR count). The van der Waals surface area contributed by atoms with Crippen molar-refractivity contribution >= 4 is 11.3 Å². The van der Waals surface area contributed by atoms with E-state index < -0.39 is 0 Å². The molecule has 1 unspecified atom stereocenters. The van der Waals surface area contributed by atoms with Gasteiger partial charge in [0.2, 0.25) is 0 Å². The second kappa shape index (κ2) is 17.7. The van der Waals surface area contributed by atoms with E-state index in [-0.39, 0.29) is 11.5 Å². The zero-order chi connectivity index (χ0) is 40.6.